The highest BCUT2D eigenvalue weighted by Crippen LogP contribution is 2.31. The Morgan fingerprint density at radius 2 is 1.58 bits per heavy atom. The Kier molecular flexibility index (Phi) is 4.62. The van der Waals surface area contributed by atoms with Crippen molar-refractivity contribution in [2.45, 2.75) is 0 Å². The van der Waals surface area contributed by atoms with Gasteiger partial charge in [0.15, 0.2) is 0 Å². The monoisotopic (exact) mass is 399 g/mol. The summed E-state index contributed by atoms with van der Waals surface area (Å²) in [6.45, 7) is 0. The summed E-state index contributed by atoms with van der Waals surface area (Å²) >= 11 is 0. The van der Waals surface area contributed by atoms with Gasteiger partial charge < -0.3 is 0 Å². The van der Waals surface area contributed by atoms with Gasteiger partial charge in [-0.1, -0.05) is 60.7 Å². The van der Waals surface area contributed by atoms with Crippen molar-refractivity contribution in [1.82, 2.24) is 9.55 Å². The van der Waals surface area contributed by atoms with Gasteiger partial charge in [0, 0.05) is 23.5 Å². The molecule has 0 unspecified atom stereocenters. The Labute approximate surface area is 179 Å². The van der Waals surface area contributed by atoms with Crippen molar-refractivity contribution in [1.29, 1.82) is 5.26 Å². The molecule has 0 bridgehead atoms. The molecule has 31 heavy (non-hydrogen) atoms. The Morgan fingerprint density at radius 3 is 2.42 bits per heavy atom. The van der Waals surface area contributed by atoms with Crippen LogP contribution >= 0.6 is 0 Å². The van der Waals surface area contributed by atoms with E-state index in [9.17, 15) is 10.1 Å². The van der Waals surface area contributed by atoms with E-state index in [0.717, 1.165) is 21.9 Å². The second-order valence-corrected chi connectivity index (χ2v) is 7.21. The van der Waals surface area contributed by atoms with Crippen molar-refractivity contribution >= 4 is 10.8 Å². The SMILES string of the molecule is N#Cc1ccccc1-c1cc(-c2cccc3ccccc23)cn(-c2cccnc2)c1=O. The Morgan fingerprint density at radius 1 is 0.806 bits per heavy atom. The van der Waals surface area contributed by atoms with E-state index in [4.69, 9.17) is 0 Å². The number of benzene rings is 3. The summed E-state index contributed by atoms with van der Waals surface area (Å²) < 4.78 is 1.60. The maximum absolute atomic E-state index is 13.5. The van der Waals surface area contributed by atoms with Gasteiger partial charge in [0.1, 0.15) is 0 Å². The molecule has 0 spiro atoms. The Bertz CT molecular complexity index is 1510. The van der Waals surface area contributed by atoms with Crippen molar-refractivity contribution in [2.24, 2.45) is 0 Å². The first kappa shape index (κ1) is 18.5. The number of nitriles is 1. The van der Waals surface area contributed by atoms with Gasteiger partial charge in [-0.05, 0) is 46.2 Å². The topological polar surface area (TPSA) is 58.7 Å². The van der Waals surface area contributed by atoms with Crippen molar-refractivity contribution in [3.8, 4) is 34.0 Å². The van der Waals surface area contributed by atoms with Crippen LogP contribution < -0.4 is 5.56 Å². The molecule has 3 aromatic carbocycles. The van der Waals surface area contributed by atoms with E-state index in [-0.39, 0.29) is 5.56 Å². The van der Waals surface area contributed by atoms with E-state index in [1.165, 1.54) is 0 Å². The molecule has 0 atom stereocenters. The van der Waals surface area contributed by atoms with Crippen LogP contribution in [0.1, 0.15) is 5.56 Å². The molecule has 146 valence electrons. The normalized spacial score (nSPS) is 10.7. The maximum Gasteiger partial charge on any atom is 0.263 e. The second-order valence-electron chi connectivity index (χ2n) is 7.21. The quantitative estimate of drug-likeness (QED) is 0.397. The van der Waals surface area contributed by atoms with Gasteiger partial charge >= 0.3 is 0 Å². The minimum atomic E-state index is -0.195. The third-order valence-corrected chi connectivity index (χ3v) is 5.38. The molecule has 5 rings (SSSR count). The highest BCUT2D eigenvalue weighted by Gasteiger charge is 2.15. The largest absolute Gasteiger partial charge is 0.282 e. The summed E-state index contributed by atoms with van der Waals surface area (Å²) in [6.07, 6.45) is 5.18. The van der Waals surface area contributed by atoms with Gasteiger partial charge in [-0.3, -0.25) is 14.3 Å². The number of hydrogen-bond donors (Lipinski definition) is 0. The van der Waals surface area contributed by atoms with Crippen LogP contribution in [0.2, 0.25) is 0 Å². The molecule has 5 aromatic rings. The van der Waals surface area contributed by atoms with E-state index in [2.05, 4.69) is 35.3 Å². The minimum Gasteiger partial charge on any atom is -0.282 e. The van der Waals surface area contributed by atoms with Gasteiger partial charge in [0.25, 0.3) is 5.56 Å². The zero-order valence-electron chi connectivity index (χ0n) is 16.6. The number of hydrogen-bond acceptors (Lipinski definition) is 3. The molecule has 4 heteroatoms. The smallest absolute Gasteiger partial charge is 0.263 e. The summed E-state index contributed by atoms with van der Waals surface area (Å²) in [7, 11) is 0. The van der Waals surface area contributed by atoms with Crippen LogP contribution in [0, 0.1) is 11.3 Å². The lowest BCUT2D eigenvalue weighted by molar-refractivity contribution is 0.983. The first-order chi connectivity index (χ1) is 15.3. The average Bonchev–Trinajstić information content (AvgIpc) is 2.84. The lowest BCUT2D eigenvalue weighted by atomic mass is 9.95. The molecule has 0 radical (unpaired) electrons. The summed E-state index contributed by atoms with van der Waals surface area (Å²) in [6, 6.07) is 29.2. The molecular weight excluding hydrogens is 382 g/mol. The van der Waals surface area contributed by atoms with E-state index in [1.54, 1.807) is 35.2 Å². The van der Waals surface area contributed by atoms with Crippen LogP contribution in [-0.4, -0.2) is 9.55 Å². The molecule has 2 heterocycles. The van der Waals surface area contributed by atoms with Gasteiger partial charge in [0.2, 0.25) is 0 Å². The zero-order valence-corrected chi connectivity index (χ0v) is 16.6. The molecule has 0 aliphatic carbocycles. The molecule has 0 amide bonds. The molecule has 4 nitrogen and oxygen atoms in total. The molecule has 0 aliphatic heterocycles. The summed E-state index contributed by atoms with van der Waals surface area (Å²) in [5.41, 5.74) is 3.95. The fourth-order valence-electron chi connectivity index (χ4n) is 3.90. The number of fused-ring (bicyclic) bond motifs is 1. The predicted molar refractivity (Wildman–Crippen MR) is 123 cm³/mol. The average molecular weight is 399 g/mol. The van der Waals surface area contributed by atoms with E-state index in [0.29, 0.717) is 22.4 Å². The van der Waals surface area contributed by atoms with Gasteiger partial charge in [-0.15, -0.1) is 0 Å². The molecule has 0 aliphatic rings. The fourth-order valence-corrected chi connectivity index (χ4v) is 3.90. The number of pyridine rings is 2. The molecule has 0 fully saturated rings. The number of nitrogens with zero attached hydrogens (tertiary/aromatic N) is 3. The number of aromatic nitrogens is 2. The lowest BCUT2D eigenvalue weighted by Crippen LogP contribution is -2.20. The summed E-state index contributed by atoms with van der Waals surface area (Å²) in [5.74, 6) is 0. The first-order valence-electron chi connectivity index (χ1n) is 9.91. The predicted octanol–water partition coefficient (Wildman–Crippen LogP) is 5.59. The van der Waals surface area contributed by atoms with Crippen LogP contribution in [0.3, 0.4) is 0 Å². The minimum absolute atomic E-state index is 0.195. The van der Waals surface area contributed by atoms with Crippen molar-refractivity contribution in [3.63, 3.8) is 0 Å². The highest BCUT2D eigenvalue weighted by molar-refractivity contribution is 5.97. The van der Waals surface area contributed by atoms with Crippen LogP contribution in [-0.2, 0) is 0 Å². The molecule has 0 N–H and O–H groups in total. The van der Waals surface area contributed by atoms with Gasteiger partial charge in [-0.2, -0.15) is 5.26 Å². The Balaban J connectivity index is 1.86. The van der Waals surface area contributed by atoms with Crippen LogP contribution in [0.4, 0.5) is 0 Å². The zero-order chi connectivity index (χ0) is 21.2. The summed E-state index contributed by atoms with van der Waals surface area (Å²) in [4.78, 5) is 17.7. The molecule has 2 aromatic heterocycles. The van der Waals surface area contributed by atoms with E-state index < -0.39 is 0 Å². The van der Waals surface area contributed by atoms with Crippen LogP contribution in [0.15, 0.2) is 108 Å². The maximum atomic E-state index is 13.5. The van der Waals surface area contributed by atoms with Crippen molar-refractivity contribution in [3.05, 3.63) is 119 Å². The molecular formula is C27H17N3O. The molecule has 0 saturated heterocycles. The molecule has 0 saturated carbocycles. The van der Waals surface area contributed by atoms with Crippen LogP contribution in [0.25, 0.3) is 38.7 Å². The standard InChI is InChI=1S/C27H17N3O/c28-16-20-8-2-4-12-24(20)26-15-21(18-30(27(26)31)22-10-6-14-29-17-22)25-13-5-9-19-7-1-3-11-23(19)25/h1-15,17-18H. The van der Waals surface area contributed by atoms with Crippen molar-refractivity contribution < 1.29 is 0 Å². The van der Waals surface area contributed by atoms with Gasteiger partial charge in [0.05, 0.1) is 23.5 Å². The fraction of sp³-hybridized carbons (Fsp3) is 0. The second kappa shape index (κ2) is 7.74. The Hall–Kier alpha value is -4.49. The third kappa shape index (κ3) is 3.29. The first-order valence-corrected chi connectivity index (χ1v) is 9.91. The van der Waals surface area contributed by atoms with E-state index >= 15 is 0 Å². The highest BCUT2D eigenvalue weighted by atomic mass is 16.1. The third-order valence-electron chi connectivity index (χ3n) is 5.38. The van der Waals surface area contributed by atoms with Crippen LogP contribution in [0.5, 0.6) is 0 Å². The van der Waals surface area contributed by atoms with E-state index in [1.807, 2.05) is 48.7 Å². The van der Waals surface area contributed by atoms with Gasteiger partial charge in [-0.25, -0.2) is 0 Å². The summed E-state index contributed by atoms with van der Waals surface area (Å²) in [5, 5.41) is 11.8. The lowest BCUT2D eigenvalue weighted by Gasteiger charge is -2.14. The number of rotatable bonds is 3. The van der Waals surface area contributed by atoms with Crippen molar-refractivity contribution in [2.75, 3.05) is 0 Å².